The third-order valence-corrected chi connectivity index (χ3v) is 4.57. The van der Waals surface area contributed by atoms with Gasteiger partial charge in [0.25, 0.3) is 5.91 Å². The van der Waals surface area contributed by atoms with Crippen LogP contribution in [0.4, 0.5) is 5.00 Å². The van der Waals surface area contributed by atoms with Crippen molar-refractivity contribution in [2.24, 2.45) is 0 Å². The van der Waals surface area contributed by atoms with Gasteiger partial charge < -0.3 is 15.1 Å². The summed E-state index contributed by atoms with van der Waals surface area (Å²) in [7, 11) is 0. The van der Waals surface area contributed by atoms with E-state index in [1.54, 1.807) is 0 Å². The first-order valence-corrected chi connectivity index (χ1v) is 7.20. The van der Waals surface area contributed by atoms with Crippen LogP contribution < -0.4 is 10.6 Å². The number of halogens is 1. The molecule has 0 unspecified atom stereocenters. The van der Waals surface area contributed by atoms with Crippen molar-refractivity contribution in [3.05, 3.63) is 39.1 Å². The normalized spacial score (nSPS) is 13.6. The maximum atomic E-state index is 12.1. The molecule has 1 aliphatic rings. The van der Waals surface area contributed by atoms with Gasteiger partial charge in [0.2, 0.25) is 5.22 Å². The molecule has 3 heterocycles. The first-order chi connectivity index (χ1) is 9.70. The number of anilines is 1. The molecule has 0 radical (unpaired) electrons. The fourth-order valence-corrected chi connectivity index (χ4v) is 3.53. The lowest BCUT2D eigenvalue weighted by Crippen LogP contribution is -2.22. The van der Waals surface area contributed by atoms with Gasteiger partial charge in [-0.3, -0.25) is 4.79 Å². The van der Waals surface area contributed by atoms with Crippen LogP contribution in [0.3, 0.4) is 0 Å². The molecule has 20 heavy (non-hydrogen) atoms. The lowest BCUT2D eigenvalue weighted by molar-refractivity contribution is 0.102. The predicted octanol–water partition coefficient (Wildman–Crippen LogP) is 2.76. The minimum Gasteiger partial charge on any atom is -0.452 e. The van der Waals surface area contributed by atoms with Crippen molar-refractivity contribution in [1.82, 2.24) is 5.32 Å². The van der Waals surface area contributed by atoms with E-state index in [2.05, 4.69) is 16.7 Å². The van der Waals surface area contributed by atoms with Gasteiger partial charge in [-0.15, -0.1) is 11.3 Å². The first kappa shape index (κ1) is 13.2. The highest BCUT2D eigenvalue weighted by Crippen LogP contribution is 2.35. The summed E-state index contributed by atoms with van der Waals surface area (Å²) in [5.74, 6) is -0.369. The largest absolute Gasteiger partial charge is 0.452 e. The minimum absolute atomic E-state index is 0.0454. The summed E-state index contributed by atoms with van der Waals surface area (Å²) >= 11 is 7.20. The van der Waals surface area contributed by atoms with Gasteiger partial charge in [-0.2, -0.15) is 5.26 Å². The Balaban J connectivity index is 1.92. The monoisotopic (exact) mass is 307 g/mol. The molecule has 0 atom stereocenters. The Bertz CT molecular complexity index is 714. The number of thiophene rings is 1. The number of nitriles is 1. The predicted molar refractivity (Wildman–Crippen MR) is 76.1 cm³/mol. The number of hydrogen-bond acceptors (Lipinski definition) is 5. The second-order valence-corrected chi connectivity index (χ2v) is 5.76. The smallest absolute Gasteiger partial charge is 0.261 e. The molecular weight excluding hydrogens is 298 g/mol. The molecule has 0 spiro atoms. The zero-order valence-electron chi connectivity index (χ0n) is 10.3. The van der Waals surface area contributed by atoms with Gasteiger partial charge in [-0.1, -0.05) is 0 Å². The maximum absolute atomic E-state index is 12.1. The first-order valence-electron chi connectivity index (χ1n) is 6.00. The molecule has 2 aromatic heterocycles. The Morgan fingerprint density at radius 2 is 2.45 bits per heavy atom. The second-order valence-electron chi connectivity index (χ2n) is 4.31. The number of carbonyl (C=O) groups excluding carboxylic acids is 1. The Morgan fingerprint density at radius 1 is 1.60 bits per heavy atom. The van der Waals surface area contributed by atoms with Gasteiger partial charge in [0, 0.05) is 11.4 Å². The fourth-order valence-electron chi connectivity index (χ4n) is 2.17. The third kappa shape index (κ3) is 2.20. The SMILES string of the molecule is N#Cc1c(NC(=O)c2ccoc2Cl)sc2c1CCNC2. The van der Waals surface area contributed by atoms with Crippen LogP contribution in [0, 0.1) is 11.3 Å². The lowest BCUT2D eigenvalue weighted by atomic mass is 10.1. The van der Waals surface area contributed by atoms with E-state index in [1.165, 1.54) is 23.7 Å². The van der Waals surface area contributed by atoms with Crippen molar-refractivity contribution in [2.75, 3.05) is 11.9 Å². The van der Waals surface area contributed by atoms with E-state index in [9.17, 15) is 10.1 Å². The molecule has 5 nitrogen and oxygen atoms in total. The molecule has 0 saturated carbocycles. The zero-order valence-corrected chi connectivity index (χ0v) is 11.9. The van der Waals surface area contributed by atoms with E-state index in [0.29, 0.717) is 10.6 Å². The standard InChI is InChI=1S/C13H10ClN3O2S/c14-11-8(2-4-19-11)12(18)17-13-9(5-15)7-1-3-16-6-10(7)20-13/h2,4,16H,1,3,6H2,(H,17,18). The van der Waals surface area contributed by atoms with Gasteiger partial charge in [-0.25, -0.2) is 0 Å². The van der Waals surface area contributed by atoms with Crippen LogP contribution in [-0.2, 0) is 13.0 Å². The lowest BCUT2D eigenvalue weighted by Gasteiger charge is -2.11. The minimum atomic E-state index is -0.369. The average Bonchev–Trinajstić information content (AvgIpc) is 3.01. The van der Waals surface area contributed by atoms with Crippen LogP contribution in [-0.4, -0.2) is 12.5 Å². The molecule has 0 bridgehead atoms. The van der Waals surface area contributed by atoms with Gasteiger partial charge in [0.15, 0.2) is 0 Å². The highest BCUT2D eigenvalue weighted by molar-refractivity contribution is 7.16. The molecule has 0 aromatic carbocycles. The van der Waals surface area contributed by atoms with Crippen molar-refractivity contribution in [1.29, 1.82) is 5.26 Å². The Hall–Kier alpha value is -1.81. The molecule has 7 heteroatoms. The summed E-state index contributed by atoms with van der Waals surface area (Å²) in [4.78, 5) is 13.2. The maximum Gasteiger partial charge on any atom is 0.261 e. The third-order valence-electron chi connectivity index (χ3n) is 3.13. The Morgan fingerprint density at radius 3 is 3.15 bits per heavy atom. The molecule has 3 rings (SSSR count). The van der Waals surface area contributed by atoms with Crippen LogP contribution in [0.25, 0.3) is 0 Å². The van der Waals surface area contributed by atoms with Crippen molar-refractivity contribution in [3.8, 4) is 6.07 Å². The number of rotatable bonds is 2. The second kappa shape index (κ2) is 5.29. The highest BCUT2D eigenvalue weighted by atomic mass is 35.5. The van der Waals surface area contributed by atoms with Crippen molar-refractivity contribution < 1.29 is 9.21 Å². The topological polar surface area (TPSA) is 78.1 Å². The molecule has 0 saturated heterocycles. The summed E-state index contributed by atoms with van der Waals surface area (Å²) in [5, 5.41) is 15.9. The number of amides is 1. The van der Waals surface area contributed by atoms with Crippen molar-refractivity contribution in [2.45, 2.75) is 13.0 Å². The van der Waals surface area contributed by atoms with E-state index < -0.39 is 0 Å². The fraction of sp³-hybridized carbons (Fsp3) is 0.231. The zero-order chi connectivity index (χ0) is 14.1. The van der Waals surface area contributed by atoms with Gasteiger partial charge in [0.05, 0.1) is 17.4 Å². The average molecular weight is 308 g/mol. The quantitative estimate of drug-likeness (QED) is 0.894. The number of furan rings is 1. The molecule has 0 fully saturated rings. The molecule has 2 aromatic rings. The number of hydrogen-bond donors (Lipinski definition) is 2. The molecule has 0 aliphatic carbocycles. The number of nitrogens with zero attached hydrogens (tertiary/aromatic N) is 1. The van der Waals surface area contributed by atoms with Crippen LogP contribution in [0.15, 0.2) is 16.7 Å². The van der Waals surface area contributed by atoms with Crippen LogP contribution in [0.5, 0.6) is 0 Å². The summed E-state index contributed by atoms with van der Waals surface area (Å²) in [5.41, 5.74) is 1.85. The van der Waals surface area contributed by atoms with Crippen molar-refractivity contribution >= 4 is 33.8 Å². The van der Waals surface area contributed by atoms with Crippen LogP contribution in [0.2, 0.25) is 5.22 Å². The molecular formula is C13H10ClN3O2S. The Kier molecular flexibility index (Phi) is 3.49. The summed E-state index contributed by atoms with van der Waals surface area (Å²) in [6, 6.07) is 3.68. The number of nitrogens with one attached hydrogen (secondary N) is 2. The van der Waals surface area contributed by atoms with Gasteiger partial charge in [0.1, 0.15) is 11.1 Å². The van der Waals surface area contributed by atoms with E-state index in [-0.39, 0.29) is 16.7 Å². The van der Waals surface area contributed by atoms with Gasteiger partial charge >= 0.3 is 0 Å². The molecule has 1 amide bonds. The van der Waals surface area contributed by atoms with E-state index in [1.807, 2.05) is 0 Å². The van der Waals surface area contributed by atoms with E-state index in [0.717, 1.165) is 30.0 Å². The molecule has 1 aliphatic heterocycles. The van der Waals surface area contributed by atoms with E-state index >= 15 is 0 Å². The number of carbonyl (C=O) groups is 1. The molecule has 2 N–H and O–H groups in total. The van der Waals surface area contributed by atoms with Crippen molar-refractivity contribution in [3.63, 3.8) is 0 Å². The number of fused-ring (bicyclic) bond motifs is 1. The summed E-state index contributed by atoms with van der Waals surface area (Å²) in [6.07, 6.45) is 2.16. The summed E-state index contributed by atoms with van der Waals surface area (Å²) < 4.78 is 4.89. The van der Waals surface area contributed by atoms with Crippen LogP contribution >= 0.6 is 22.9 Å². The molecule has 102 valence electrons. The van der Waals surface area contributed by atoms with E-state index in [4.69, 9.17) is 16.0 Å². The van der Waals surface area contributed by atoms with Gasteiger partial charge in [-0.05, 0) is 36.2 Å². The highest BCUT2D eigenvalue weighted by Gasteiger charge is 2.23. The summed E-state index contributed by atoms with van der Waals surface area (Å²) in [6.45, 7) is 1.58. The Labute approximate surface area is 124 Å². The van der Waals surface area contributed by atoms with Crippen LogP contribution in [0.1, 0.15) is 26.4 Å².